The zero-order valence-electron chi connectivity index (χ0n) is 9.93. The quantitative estimate of drug-likeness (QED) is 0.822. The van der Waals surface area contributed by atoms with Crippen LogP contribution in [0.5, 0.6) is 5.75 Å². The van der Waals surface area contributed by atoms with E-state index in [0.717, 1.165) is 35.9 Å². The number of nitrogens with zero attached hydrogens (tertiary/aromatic N) is 2. The van der Waals surface area contributed by atoms with Crippen molar-refractivity contribution < 1.29 is 4.74 Å². The highest BCUT2D eigenvalue weighted by Crippen LogP contribution is 2.25. The van der Waals surface area contributed by atoms with Gasteiger partial charge in [0.1, 0.15) is 11.8 Å². The molecule has 2 rings (SSSR count). The van der Waals surface area contributed by atoms with Gasteiger partial charge in [-0.25, -0.2) is 0 Å². The van der Waals surface area contributed by atoms with Gasteiger partial charge in [-0.15, -0.1) is 0 Å². The number of benzene rings is 1. The summed E-state index contributed by atoms with van der Waals surface area (Å²) in [6, 6.07) is 10.1. The summed E-state index contributed by atoms with van der Waals surface area (Å²) in [6.07, 6.45) is 0. The van der Waals surface area contributed by atoms with Crippen LogP contribution in [0.1, 0.15) is 11.6 Å². The number of ether oxygens (including phenoxy) is 1. The van der Waals surface area contributed by atoms with Gasteiger partial charge in [-0.3, -0.25) is 4.90 Å². The van der Waals surface area contributed by atoms with Gasteiger partial charge < -0.3 is 4.74 Å². The predicted octanol–water partition coefficient (Wildman–Crippen LogP) is 2.31. The number of methoxy groups -OCH3 is 1. The van der Waals surface area contributed by atoms with E-state index in [2.05, 4.69) is 11.0 Å². The molecule has 0 aliphatic carbocycles. The third-order valence-corrected chi connectivity index (χ3v) is 3.91. The third kappa shape index (κ3) is 2.93. The summed E-state index contributed by atoms with van der Waals surface area (Å²) in [5.74, 6) is 3.07. The van der Waals surface area contributed by atoms with E-state index in [0.29, 0.717) is 0 Å². The zero-order chi connectivity index (χ0) is 12.1. The maximum Gasteiger partial charge on any atom is 0.123 e. The van der Waals surface area contributed by atoms with Crippen molar-refractivity contribution in [3.05, 3.63) is 29.8 Å². The van der Waals surface area contributed by atoms with Gasteiger partial charge in [0.15, 0.2) is 0 Å². The van der Waals surface area contributed by atoms with E-state index in [4.69, 9.17) is 4.74 Å². The lowest BCUT2D eigenvalue weighted by molar-refractivity contribution is 0.261. The van der Waals surface area contributed by atoms with Gasteiger partial charge in [0.05, 0.1) is 13.2 Å². The summed E-state index contributed by atoms with van der Waals surface area (Å²) in [6.45, 7) is 1.99. The largest absolute Gasteiger partial charge is 0.497 e. The van der Waals surface area contributed by atoms with Crippen molar-refractivity contribution in [2.45, 2.75) is 6.04 Å². The molecule has 1 aliphatic rings. The van der Waals surface area contributed by atoms with E-state index in [1.54, 1.807) is 7.11 Å². The van der Waals surface area contributed by atoms with E-state index >= 15 is 0 Å². The lowest BCUT2D eigenvalue weighted by atomic mass is 10.1. The van der Waals surface area contributed by atoms with Crippen LogP contribution in [-0.4, -0.2) is 36.6 Å². The highest BCUT2D eigenvalue weighted by atomic mass is 32.2. The molecule has 1 heterocycles. The monoisotopic (exact) mass is 248 g/mol. The molecule has 1 unspecified atom stereocenters. The second kappa shape index (κ2) is 5.95. The van der Waals surface area contributed by atoms with Crippen molar-refractivity contribution in [2.75, 3.05) is 31.7 Å². The molecule has 90 valence electrons. The first-order valence-electron chi connectivity index (χ1n) is 5.70. The molecule has 4 heteroatoms. The molecule has 0 bridgehead atoms. The van der Waals surface area contributed by atoms with E-state index in [1.807, 2.05) is 36.0 Å². The van der Waals surface area contributed by atoms with Crippen molar-refractivity contribution >= 4 is 11.8 Å². The van der Waals surface area contributed by atoms with Crippen molar-refractivity contribution in [3.8, 4) is 11.8 Å². The minimum Gasteiger partial charge on any atom is -0.497 e. The fraction of sp³-hybridized carbons (Fsp3) is 0.462. The Labute approximate surface area is 106 Å². The second-order valence-corrected chi connectivity index (χ2v) is 5.18. The first-order valence-corrected chi connectivity index (χ1v) is 6.86. The van der Waals surface area contributed by atoms with Crippen molar-refractivity contribution in [2.24, 2.45) is 0 Å². The molecular weight excluding hydrogens is 232 g/mol. The summed E-state index contributed by atoms with van der Waals surface area (Å²) < 4.78 is 5.13. The number of hydrogen-bond donors (Lipinski definition) is 0. The van der Waals surface area contributed by atoms with Gasteiger partial charge in [0.25, 0.3) is 0 Å². The summed E-state index contributed by atoms with van der Waals surface area (Å²) in [5.41, 5.74) is 1.06. The molecule has 0 saturated carbocycles. The van der Waals surface area contributed by atoms with Gasteiger partial charge in [0.2, 0.25) is 0 Å². The van der Waals surface area contributed by atoms with Gasteiger partial charge in [-0.2, -0.15) is 17.0 Å². The standard InChI is InChI=1S/C13H16N2OS/c1-16-12-4-2-11(3-5-12)13(10-14)15-6-8-17-9-7-15/h2-5,13H,6-9H2,1H3. The maximum atomic E-state index is 9.33. The molecule has 1 atom stereocenters. The van der Waals surface area contributed by atoms with E-state index in [9.17, 15) is 5.26 Å². The number of thioether (sulfide) groups is 1. The molecule has 0 amide bonds. The van der Waals surface area contributed by atoms with Crippen molar-refractivity contribution in [1.29, 1.82) is 5.26 Å². The smallest absolute Gasteiger partial charge is 0.123 e. The molecule has 17 heavy (non-hydrogen) atoms. The first kappa shape index (κ1) is 12.3. The van der Waals surface area contributed by atoms with Crippen LogP contribution in [-0.2, 0) is 0 Å². The van der Waals surface area contributed by atoms with Crippen LogP contribution in [0.25, 0.3) is 0 Å². The molecule has 1 aromatic carbocycles. The average molecular weight is 248 g/mol. The van der Waals surface area contributed by atoms with Crippen molar-refractivity contribution in [1.82, 2.24) is 4.90 Å². The molecule has 0 radical (unpaired) electrons. The molecule has 1 aliphatic heterocycles. The third-order valence-electron chi connectivity index (χ3n) is 2.96. The normalized spacial score (nSPS) is 18.4. The van der Waals surface area contributed by atoms with Crippen LogP contribution >= 0.6 is 11.8 Å². The lowest BCUT2D eigenvalue weighted by Gasteiger charge is -2.30. The molecule has 0 N–H and O–H groups in total. The number of nitriles is 1. The summed E-state index contributed by atoms with van der Waals surface area (Å²) in [4.78, 5) is 2.25. The molecule has 0 aromatic heterocycles. The highest BCUT2D eigenvalue weighted by Gasteiger charge is 2.21. The Morgan fingerprint density at radius 3 is 2.47 bits per heavy atom. The number of rotatable bonds is 3. The first-order chi connectivity index (χ1) is 8.35. The van der Waals surface area contributed by atoms with Crippen LogP contribution in [0.3, 0.4) is 0 Å². The van der Waals surface area contributed by atoms with E-state index < -0.39 is 0 Å². The SMILES string of the molecule is COc1ccc(C(C#N)N2CCSCC2)cc1. The molecular formula is C13H16N2OS. The molecule has 0 spiro atoms. The van der Waals surface area contributed by atoms with Crippen LogP contribution in [0.15, 0.2) is 24.3 Å². The molecule has 1 saturated heterocycles. The molecule has 3 nitrogen and oxygen atoms in total. The van der Waals surface area contributed by atoms with Gasteiger partial charge in [-0.05, 0) is 17.7 Å². The summed E-state index contributed by atoms with van der Waals surface area (Å²) in [5, 5.41) is 9.33. The van der Waals surface area contributed by atoms with Crippen LogP contribution in [0.2, 0.25) is 0 Å². The Kier molecular flexibility index (Phi) is 4.29. The van der Waals surface area contributed by atoms with Gasteiger partial charge >= 0.3 is 0 Å². The Balaban J connectivity index is 2.13. The minimum atomic E-state index is -0.123. The topological polar surface area (TPSA) is 36.3 Å². The van der Waals surface area contributed by atoms with Crippen LogP contribution in [0.4, 0.5) is 0 Å². The minimum absolute atomic E-state index is 0.123. The van der Waals surface area contributed by atoms with Crippen LogP contribution < -0.4 is 4.74 Å². The Hall–Kier alpha value is -1.18. The lowest BCUT2D eigenvalue weighted by Crippen LogP contribution is -2.35. The Morgan fingerprint density at radius 2 is 1.94 bits per heavy atom. The fourth-order valence-corrected chi connectivity index (χ4v) is 2.92. The van der Waals surface area contributed by atoms with Crippen molar-refractivity contribution in [3.63, 3.8) is 0 Å². The van der Waals surface area contributed by atoms with Gasteiger partial charge in [-0.1, -0.05) is 12.1 Å². The Bertz CT molecular complexity index is 393. The highest BCUT2D eigenvalue weighted by molar-refractivity contribution is 7.99. The summed E-state index contributed by atoms with van der Waals surface area (Å²) >= 11 is 1.96. The number of hydrogen-bond acceptors (Lipinski definition) is 4. The molecule has 1 aromatic rings. The maximum absolute atomic E-state index is 9.33. The average Bonchev–Trinajstić information content (AvgIpc) is 2.42. The Morgan fingerprint density at radius 1 is 1.29 bits per heavy atom. The van der Waals surface area contributed by atoms with E-state index in [1.165, 1.54) is 0 Å². The second-order valence-electron chi connectivity index (χ2n) is 3.95. The van der Waals surface area contributed by atoms with E-state index in [-0.39, 0.29) is 6.04 Å². The summed E-state index contributed by atoms with van der Waals surface area (Å²) in [7, 11) is 1.65. The van der Waals surface area contributed by atoms with Gasteiger partial charge in [0, 0.05) is 24.6 Å². The van der Waals surface area contributed by atoms with Crippen LogP contribution in [0, 0.1) is 11.3 Å². The predicted molar refractivity (Wildman–Crippen MR) is 70.2 cm³/mol. The molecule has 1 fully saturated rings. The fourth-order valence-electron chi connectivity index (χ4n) is 1.99. The zero-order valence-corrected chi connectivity index (χ0v) is 10.7.